The zero-order valence-corrected chi connectivity index (χ0v) is 12.9. The Morgan fingerprint density at radius 1 is 1.27 bits per heavy atom. The highest BCUT2D eigenvalue weighted by atomic mass is 32.2. The molecular formula is C14H18F3NO3S. The first-order chi connectivity index (χ1) is 10.3. The largest absolute Gasteiger partial charge is 0.378 e. The van der Waals surface area contributed by atoms with Gasteiger partial charge in [-0.2, -0.15) is 0 Å². The molecule has 0 bridgehead atoms. The van der Waals surface area contributed by atoms with E-state index < -0.39 is 38.4 Å². The van der Waals surface area contributed by atoms with Crippen molar-refractivity contribution in [2.45, 2.75) is 49.6 Å². The number of ether oxygens (including phenoxy) is 1. The fourth-order valence-corrected chi connectivity index (χ4v) is 3.75. The molecule has 0 aromatic heterocycles. The van der Waals surface area contributed by atoms with Crippen LogP contribution in [-0.4, -0.2) is 27.2 Å². The molecule has 1 heterocycles. The van der Waals surface area contributed by atoms with Gasteiger partial charge in [0.1, 0.15) is 10.7 Å². The minimum atomic E-state index is -4.25. The van der Waals surface area contributed by atoms with Crippen molar-refractivity contribution in [2.75, 3.05) is 6.61 Å². The van der Waals surface area contributed by atoms with Crippen LogP contribution in [0, 0.1) is 17.5 Å². The van der Waals surface area contributed by atoms with Crippen LogP contribution in [0.4, 0.5) is 13.2 Å². The molecule has 0 radical (unpaired) electrons. The smallest absolute Gasteiger partial charge is 0.243 e. The van der Waals surface area contributed by atoms with E-state index in [0.717, 1.165) is 12.8 Å². The summed E-state index contributed by atoms with van der Waals surface area (Å²) in [5.74, 6) is -4.16. The van der Waals surface area contributed by atoms with Crippen molar-refractivity contribution >= 4 is 10.0 Å². The van der Waals surface area contributed by atoms with Gasteiger partial charge in [0.05, 0.1) is 6.10 Å². The summed E-state index contributed by atoms with van der Waals surface area (Å²) in [6.45, 7) is 2.34. The van der Waals surface area contributed by atoms with Crippen molar-refractivity contribution in [1.82, 2.24) is 4.72 Å². The molecule has 0 saturated carbocycles. The molecule has 1 saturated heterocycles. The molecule has 0 spiro atoms. The van der Waals surface area contributed by atoms with E-state index >= 15 is 0 Å². The average molecular weight is 337 g/mol. The third kappa shape index (κ3) is 4.21. The van der Waals surface area contributed by atoms with Gasteiger partial charge in [0.15, 0.2) is 11.6 Å². The molecule has 0 unspecified atom stereocenters. The van der Waals surface area contributed by atoms with Crippen LogP contribution in [0.2, 0.25) is 0 Å². The van der Waals surface area contributed by atoms with Crippen molar-refractivity contribution in [3.8, 4) is 0 Å². The highest BCUT2D eigenvalue weighted by molar-refractivity contribution is 7.89. The van der Waals surface area contributed by atoms with Crippen molar-refractivity contribution in [1.29, 1.82) is 0 Å². The minimum Gasteiger partial charge on any atom is -0.378 e. The summed E-state index contributed by atoms with van der Waals surface area (Å²) in [4.78, 5) is -0.893. The number of sulfonamides is 1. The summed E-state index contributed by atoms with van der Waals surface area (Å²) < 4.78 is 71.4. The van der Waals surface area contributed by atoms with E-state index in [9.17, 15) is 21.6 Å². The van der Waals surface area contributed by atoms with Gasteiger partial charge in [-0.1, -0.05) is 0 Å². The maximum atomic E-state index is 13.6. The van der Waals surface area contributed by atoms with Gasteiger partial charge in [-0.3, -0.25) is 0 Å². The summed E-state index contributed by atoms with van der Waals surface area (Å²) in [6, 6.07) is 0.0995. The Kier molecular flexibility index (Phi) is 5.46. The fourth-order valence-electron chi connectivity index (χ4n) is 2.41. The van der Waals surface area contributed by atoms with Crippen molar-refractivity contribution < 1.29 is 26.3 Å². The monoisotopic (exact) mass is 337 g/mol. The maximum absolute atomic E-state index is 13.6. The van der Waals surface area contributed by atoms with Crippen LogP contribution >= 0.6 is 0 Å². The second-order valence-corrected chi connectivity index (χ2v) is 7.11. The predicted octanol–water partition coefficient (Wildman–Crippen LogP) is 2.73. The number of nitrogens with one attached hydrogen (secondary N) is 1. The van der Waals surface area contributed by atoms with E-state index in [1.165, 1.54) is 0 Å². The average Bonchev–Trinajstić information content (AvgIpc) is 2.93. The lowest BCUT2D eigenvalue weighted by Gasteiger charge is -2.16. The second-order valence-electron chi connectivity index (χ2n) is 5.43. The Morgan fingerprint density at radius 3 is 2.59 bits per heavy atom. The van der Waals surface area contributed by atoms with Crippen LogP contribution < -0.4 is 4.72 Å². The van der Waals surface area contributed by atoms with E-state index in [1.807, 2.05) is 0 Å². The van der Waals surface area contributed by atoms with Gasteiger partial charge >= 0.3 is 0 Å². The zero-order valence-electron chi connectivity index (χ0n) is 12.1. The third-order valence-corrected chi connectivity index (χ3v) is 5.17. The van der Waals surface area contributed by atoms with Crippen LogP contribution in [0.15, 0.2) is 17.0 Å². The van der Waals surface area contributed by atoms with Crippen LogP contribution in [-0.2, 0) is 14.8 Å². The van der Waals surface area contributed by atoms with Gasteiger partial charge in [0.25, 0.3) is 0 Å². The molecule has 1 fully saturated rings. The lowest BCUT2D eigenvalue weighted by atomic mass is 10.1. The third-order valence-electron chi connectivity index (χ3n) is 3.57. The summed E-state index contributed by atoms with van der Waals surface area (Å²) >= 11 is 0. The SMILES string of the molecule is C[C@@H](CC[C@H]1CCCO1)NS(=O)(=O)c1cc(F)c(F)cc1F. The predicted molar refractivity (Wildman–Crippen MR) is 74.3 cm³/mol. The topological polar surface area (TPSA) is 55.4 Å². The number of hydrogen-bond donors (Lipinski definition) is 1. The number of benzene rings is 1. The summed E-state index contributed by atoms with van der Waals surface area (Å²) in [6.07, 6.45) is 3.24. The molecular weight excluding hydrogens is 319 g/mol. The molecule has 1 aromatic carbocycles. The van der Waals surface area contributed by atoms with E-state index in [2.05, 4.69) is 4.72 Å². The quantitative estimate of drug-likeness (QED) is 0.812. The first-order valence-corrected chi connectivity index (χ1v) is 8.56. The van der Waals surface area contributed by atoms with Gasteiger partial charge in [0.2, 0.25) is 10.0 Å². The molecule has 22 heavy (non-hydrogen) atoms. The van der Waals surface area contributed by atoms with Gasteiger partial charge in [-0.15, -0.1) is 0 Å². The standard InChI is InChI=1S/C14H18F3NO3S/c1-9(4-5-10-3-2-6-21-10)18-22(19,20)14-8-12(16)11(15)7-13(14)17/h7-10,18H,2-6H2,1H3/t9-,10+/m0/s1. The lowest BCUT2D eigenvalue weighted by molar-refractivity contribution is 0.101. The number of hydrogen-bond acceptors (Lipinski definition) is 3. The highest BCUT2D eigenvalue weighted by Gasteiger charge is 2.24. The van der Waals surface area contributed by atoms with E-state index in [-0.39, 0.29) is 12.2 Å². The summed E-state index contributed by atoms with van der Waals surface area (Å²) in [5, 5.41) is 0. The zero-order chi connectivity index (χ0) is 16.3. The Labute approximate surface area is 127 Å². The molecule has 2 rings (SSSR count). The van der Waals surface area contributed by atoms with Crippen LogP contribution in [0.5, 0.6) is 0 Å². The van der Waals surface area contributed by atoms with Gasteiger partial charge < -0.3 is 4.74 Å². The molecule has 1 N–H and O–H groups in total. The molecule has 8 heteroatoms. The van der Waals surface area contributed by atoms with Crippen molar-refractivity contribution in [3.05, 3.63) is 29.6 Å². The van der Waals surface area contributed by atoms with E-state index in [0.29, 0.717) is 25.5 Å². The Bertz CT molecular complexity index is 630. The van der Waals surface area contributed by atoms with Gasteiger partial charge in [0, 0.05) is 18.7 Å². The molecule has 1 aliphatic heterocycles. The normalized spacial score (nSPS) is 20.3. The molecule has 1 aromatic rings. The lowest BCUT2D eigenvalue weighted by Crippen LogP contribution is -2.33. The Balaban J connectivity index is 2.02. The van der Waals surface area contributed by atoms with Gasteiger partial charge in [-0.05, 0) is 38.7 Å². The second kappa shape index (κ2) is 6.97. The molecule has 124 valence electrons. The molecule has 0 aliphatic carbocycles. The van der Waals surface area contributed by atoms with Crippen LogP contribution in [0.1, 0.15) is 32.6 Å². The van der Waals surface area contributed by atoms with E-state index in [1.54, 1.807) is 6.92 Å². The minimum absolute atomic E-state index is 0.118. The van der Waals surface area contributed by atoms with Gasteiger partial charge in [-0.25, -0.2) is 26.3 Å². The van der Waals surface area contributed by atoms with Crippen molar-refractivity contribution in [3.63, 3.8) is 0 Å². The Morgan fingerprint density at radius 2 is 1.95 bits per heavy atom. The van der Waals surface area contributed by atoms with Crippen LogP contribution in [0.3, 0.4) is 0 Å². The summed E-state index contributed by atoms with van der Waals surface area (Å²) in [5.41, 5.74) is 0. The molecule has 4 nitrogen and oxygen atoms in total. The molecule has 1 aliphatic rings. The number of halogens is 3. The first kappa shape index (κ1) is 17.2. The van der Waals surface area contributed by atoms with E-state index in [4.69, 9.17) is 4.74 Å². The Hall–Kier alpha value is -1.12. The van der Waals surface area contributed by atoms with Crippen LogP contribution in [0.25, 0.3) is 0 Å². The first-order valence-electron chi connectivity index (χ1n) is 7.08. The maximum Gasteiger partial charge on any atom is 0.243 e. The van der Waals surface area contributed by atoms with Crippen molar-refractivity contribution in [2.24, 2.45) is 0 Å². The summed E-state index contributed by atoms with van der Waals surface area (Å²) in [7, 11) is -4.25. The highest BCUT2D eigenvalue weighted by Crippen LogP contribution is 2.21. The molecule has 2 atom stereocenters. The molecule has 0 amide bonds. The fraction of sp³-hybridized carbons (Fsp3) is 0.571. The number of rotatable bonds is 6.